The molecular weight excluding hydrogens is 597 g/mol. The van der Waals surface area contributed by atoms with Crippen molar-refractivity contribution in [2.24, 2.45) is 0 Å². The first-order chi connectivity index (χ1) is 22.2. The molecule has 4 aromatic carbocycles. The topological polar surface area (TPSA) is 91.8 Å². The fourth-order valence-corrected chi connectivity index (χ4v) is 11.8. The van der Waals surface area contributed by atoms with Gasteiger partial charge in [-0.25, -0.2) is 4.79 Å². The van der Waals surface area contributed by atoms with Crippen molar-refractivity contribution < 1.29 is 18.6 Å². The van der Waals surface area contributed by atoms with Gasteiger partial charge in [0.05, 0.1) is 19.8 Å². The van der Waals surface area contributed by atoms with E-state index in [-0.39, 0.29) is 18.3 Å². The number of benzene rings is 4. The molecule has 0 radical (unpaired) electrons. The van der Waals surface area contributed by atoms with Crippen LogP contribution in [0.1, 0.15) is 32.6 Å². The fourth-order valence-electron chi connectivity index (χ4n) is 7.18. The van der Waals surface area contributed by atoms with E-state index >= 15 is 0 Å². The van der Waals surface area contributed by atoms with Crippen molar-refractivity contribution in [2.75, 3.05) is 13.2 Å². The van der Waals surface area contributed by atoms with Gasteiger partial charge in [-0.05, 0) is 31.7 Å². The highest BCUT2D eigenvalue weighted by molar-refractivity contribution is 6.99. The zero-order valence-electron chi connectivity index (χ0n) is 26.2. The van der Waals surface area contributed by atoms with Crippen LogP contribution in [0.2, 0.25) is 5.04 Å². The van der Waals surface area contributed by atoms with Gasteiger partial charge in [-0.3, -0.25) is 14.3 Å². The summed E-state index contributed by atoms with van der Waals surface area (Å²) >= 11 is 0. The molecule has 2 aliphatic rings. The van der Waals surface area contributed by atoms with E-state index in [2.05, 4.69) is 98.6 Å². The van der Waals surface area contributed by atoms with E-state index in [4.69, 9.17) is 18.6 Å². The average molecular weight is 635 g/mol. The second kappa shape index (κ2) is 11.9. The third kappa shape index (κ3) is 5.18. The summed E-state index contributed by atoms with van der Waals surface area (Å²) in [7, 11) is -2.94. The van der Waals surface area contributed by atoms with Gasteiger partial charge in [0, 0.05) is 12.3 Å². The molecule has 2 saturated heterocycles. The summed E-state index contributed by atoms with van der Waals surface area (Å²) in [4.78, 5) is 27.2. The molecule has 5 aromatic rings. The second-order valence-corrected chi connectivity index (χ2v) is 17.5. The summed E-state index contributed by atoms with van der Waals surface area (Å²) in [6, 6.07) is 36.6. The Morgan fingerprint density at radius 1 is 0.870 bits per heavy atom. The third-order valence-corrected chi connectivity index (χ3v) is 14.3. The van der Waals surface area contributed by atoms with Crippen LogP contribution in [0.4, 0.5) is 0 Å². The standard InChI is InChI=1S/C37H38N2O6Si/c1-36(2,3)46(28-16-6-4-7-17-28,29-18-8-5-9-19-29)44-25-37-24-43-32(34(45-37)39-22-21-31(40)38-35(39)41)33(37)42-23-27-15-12-14-26-13-10-11-20-30(26)27/h4-22,32-34H,23-25H2,1-3H3,(H,38,40,41)/t32-,33+,34-,37-/m1/s1. The summed E-state index contributed by atoms with van der Waals surface area (Å²) in [6.07, 6.45) is -0.498. The first-order valence-electron chi connectivity index (χ1n) is 15.7. The molecule has 236 valence electrons. The molecule has 9 heteroatoms. The SMILES string of the molecule is CC(C)(C)[Si](OC[C@@]12CO[C@@H]([C@H](n3ccc(=O)[nH]c3=O)O1)[C@@H]2OCc1cccc2ccccc12)(c1ccccc1)c1ccccc1. The molecule has 1 N–H and O–H groups in total. The maximum atomic E-state index is 13.0. The van der Waals surface area contributed by atoms with E-state index in [0.29, 0.717) is 6.61 Å². The number of H-pyrrole nitrogens is 1. The van der Waals surface area contributed by atoms with Crippen molar-refractivity contribution in [3.05, 3.63) is 142 Å². The maximum absolute atomic E-state index is 13.0. The zero-order valence-corrected chi connectivity index (χ0v) is 27.2. The summed E-state index contributed by atoms with van der Waals surface area (Å²) < 4.78 is 28.7. The Bertz CT molecular complexity index is 1910. The van der Waals surface area contributed by atoms with Gasteiger partial charge in [0.2, 0.25) is 0 Å². The lowest BCUT2D eigenvalue weighted by molar-refractivity contribution is -0.187. The van der Waals surface area contributed by atoms with Crippen molar-refractivity contribution in [1.82, 2.24) is 9.55 Å². The molecule has 2 aliphatic heterocycles. The number of nitrogens with zero attached hydrogens (tertiary/aromatic N) is 1. The molecule has 0 aliphatic carbocycles. The summed E-state index contributed by atoms with van der Waals surface area (Å²) in [5.74, 6) is 0. The monoisotopic (exact) mass is 634 g/mol. The zero-order chi connectivity index (χ0) is 31.9. The van der Waals surface area contributed by atoms with Gasteiger partial charge in [-0.1, -0.05) is 124 Å². The van der Waals surface area contributed by atoms with Gasteiger partial charge in [0.25, 0.3) is 13.9 Å². The lowest BCUT2D eigenvalue weighted by Crippen LogP contribution is -2.68. The largest absolute Gasteiger partial charge is 0.404 e. The van der Waals surface area contributed by atoms with Crippen LogP contribution >= 0.6 is 0 Å². The number of aromatic amines is 1. The lowest BCUT2D eigenvalue weighted by Gasteiger charge is -2.45. The molecule has 0 spiro atoms. The van der Waals surface area contributed by atoms with Crippen molar-refractivity contribution in [1.29, 1.82) is 0 Å². The molecule has 2 fully saturated rings. The Hall–Kier alpha value is -4.12. The molecular formula is C37H38N2O6Si. The van der Waals surface area contributed by atoms with Crippen LogP contribution in [0.25, 0.3) is 10.8 Å². The molecule has 3 heterocycles. The van der Waals surface area contributed by atoms with E-state index in [1.165, 1.54) is 16.8 Å². The molecule has 1 aromatic heterocycles. The minimum Gasteiger partial charge on any atom is -0.404 e. The molecule has 0 unspecified atom stereocenters. The highest BCUT2D eigenvalue weighted by atomic mass is 28.4. The van der Waals surface area contributed by atoms with E-state index in [0.717, 1.165) is 26.7 Å². The third-order valence-electron chi connectivity index (χ3n) is 9.35. The van der Waals surface area contributed by atoms with Crippen LogP contribution < -0.4 is 21.6 Å². The average Bonchev–Trinajstić information content (AvgIpc) is 3.56. The number of hydrogen-bond donors (Lipinski definition) is 1. The Balaban J connectivity index is 1.29. The van der Waals surface area contributed by atoms with Gasteiger partial charge in [-0.2, -0.15) is 0 Å². The van der Waals surface area contributed by atoms with Crippen LogP contribution in [0.5, 0.6) is 0 Å². The first-order valence-corrected chi connectivity index (χ1v) is 17.6. The van der Waals surface area contributed by atoms with Crippen LogP contribution in [-0.4, -0.2) is 48.9 Å². The van der Waals surface area contributed by atoms with Gasteiger partial charge < -0.3 is 18.6 Å². The van der Waals surface area contributed by atoms with Crippen molar-refractivity contribution >= 4 is 29.5 Å². The molecule has 0 amide bonds. The van der Waals surface area contributed by atoms with E-state index < -0.39 is 43.6 Å². The lowest BCUT2D eigenvalue weighted by atomic mass is 9.99. The predicted octanol–water partition coefficient (Wildman–Crippen LogP) is 4.52. The van der Waals surface area contributed by atoms with Crippen molar-refractivity contribution in [3.63, 3.8) is 0 Å². The number of aromatic nitrogens is 2. The highest BCUT2D eigenvalue weighted by Crippen LogP contribution is 2.48. The number of rotatable bonds is 9. The predicted molar refractivity (Wildman–Crippen MR) is 180 cm³/mol. The summed E-state index contributed by atoms with van der Waals surface area (Å²) in [5.41, 5.74) is -1.00. The molecule has 4 atom stereocenters. The number of nitrogens with one attached hydrogen (secondary N) is 1. The van der Waals surface area contributed by atoms with E-state index in [1.54, 1.807) is 0 Å². The van der Waals surface area contributed by atoms with Crippen LogP contribution in [0.3, 0.4) is 0 Å². The molecule has 46 heavy (non-hydrogen) atoms. The molecule has 0 saturated carbocycles. The first kappa shape index (κ1) is 30.5. The number of fused-ring (bicyclic) bond motifs is 3. The van der Waals surface area contributed by atoms with Crippen molar-refractivity contribution in [2.45, 2.75) is 56.5 Å². The summed E-state index contributed by atoms with van der Waals surface area (Å²) in [6.45, 7) is 7.45. The summed E-state index contributed by atoms with van der Waals surface area (Å²) in [5, 5.41) is 4.30. The smallest absolute Gasteiger partial charge is 0.330 e. The minimum absolute atomic E-state index is 0.186. The molecule has 2 bridgehead atoms. The highest BCUT2D eigenvalue weighted by Gasteiger charge is 2.64. The minimum atomic E-state index is -2.94. The fraction of sp³-hybridized carbons (Fsp3) is 0.297. The Morgan fingerprint density at radius 3 is 2.20 bits per heavy atom. The van der Waals surface area contributed by atoms with Crippen LogP contribution in [0.15, 0.2) is 125 Å². The number of ether oxygens (including phenoxy) is 3. The van der Waals surface area contributed by atoms with Gasteiger partial charge >= 0.3 is 5.69 Å². The van der Waals surface area contributed by atoms with Crippen molar-refractivity contribution in [3.8, 4) is 0 Å². The van der Waals surface area contributed by atoms with Crippen LogP contribution in [-0.2, 0) is 25.2 Å². The van der Waals surface area contributed by atoms with E-state index in [9.17, 15) is 9.59 Å². The number of hydrogen-bond acceptors (Lipinski definition) is 6. The molecule has 8 nitrogen and oxygen atoms in total. The normalized spacial score (nSPS) is 22.8. The van der Waals surface area contributed by atoms with Gasteiger partial charge in [0.15, 0.2) is 6.23 Å². The Kier molecular flexibility index (Phi) is 7.90. The quantitative estimate of drug-likeness (QED) is 0.240. The van der Waals surface area contributed by atoms with Gasteiger partial charge in [0.1, 0.15) is 17.8 Å². The Labute approximate surface area is 268 Å². The second-order valence-electron chi connectivity index (χ2n) is 13.2. The molecule has 7 rings (SSSR count). The van der Waals surface area contributed by atoms with E-state index in [1.807, 2.05) is 30.3 Å². The maximum Gasteiger partial charge on any atom is 0.330 e. The Morgan fingerprint density at radius 2 is 1.52 bits per heavy atom. The van der Waals surface area contributed by atoms with Gasteiger partial charge in [-0.15, -0.1) is 0 Å². The van der Waals surface area contributed by atoms with Crippen LogP contribution in [0, 0.1) is 0 Å².